The summed E-state index contributed by atoms with van der Waals surface area (Å²) in [6.45, 7) is 2.77. The van der Waals surface area contributed by atoms with Crippen LogP contribution in [0.25, 0.3) is 11.0 Å². The van der Waals surface area contributed by atoms with Crippen molar-refractivity contribution in [1.82, 2.24) is 14.5 Å². The maximum absolute atomic E-state index is 6.08. The highest BCUT2D eigenvalue weighted by atomic mass is 35.5. The van der Waals surface area contributed by atoms with Gasteiger partial charge in [0.05, 0.1) is 5.39 Å². The number of nitrogens with zero attached hydrogens (tertiary/aromatic N) is 3. The fraction of sp³-hybridized carbons (Fsp3) is 0.143. The number of aromatic nitrogens is 3. The SMILES string of the molecule is Cc1cc2c(Cl)ncnc2n1Cc1ccc(Cl)cc1. The van der Waals surface area contributed by atoms with Crippen LogP contribution < -0.4 is 0 Å². The van der Waals surface area contributed by atoms with Gasteiger partial charge in [0.1, 0.15) is 17.1 Å². The molecule has 0 saturated heterocycles. The molecule has 96 valence electrons. The molecule has 2 heterocycles. The zero-order chi connectivity index (χ0) is 13.4. The van der Waals surface area contributed by atoms with Crippen LogP contribution >= 0.6 is 23.2 Å². The molecule has 3 nitrogen and oxygen atoms in total. The van der Waals surface area contributed by atoms with E-state index in [9.17, 15) is 0 Å². The van der Waals surface area contributed by atoms with Crippen LogP contribution in [-0.4, -0.2) is 14.5 Å². The zero-order valence-corrected chi connectivity index (χ0v) is 11.8. The van der Waals surface area contributed by atoms with Gasteiger partial charge in [0.2, 0.25) is 0 Å². The molecule has 0 atom stereocenters. The molecular formula is C14H11Cl2N3. The van der Waals surface area contributed by atoms with Crippen molar-refractivity contribution in [3.63, 3.8) is 0 Å². The van der Waals surface area contributed by atoms with Crippen LogP contribution in [0.5, 0.6) is 0 Å². The van der Waals surface area contributed by atoms with Crippen molar-refractivity contribution < 1.29 is 0 Å². The third-order valence-electron chi connectivity index (χ3n) is 3.10. The lowest BCUT2D eigenvalue weighted by molar-refractivity contribution is 0.793. The number of aryl methyl sites for hydroxylation is 1. The molecule has 0 saturated carbocycles. The van der Waals surface area contributed by atoms with Gasteiger partial charge in [-0.05, 0) is 30.7 Å². The second-order valence-corrected chi connectivity index (χ2v) is 5.19. The Hall–Kier alpha value is -1.58. The molecule has 0 spiro atoms. The Morgan fingerprint density at radius 1 is 1.11 bits per heavy atom. The Kier molecular flexibility index (Phi) is 3.17. The molecule has 1 aromatic carbocycles. The largest absolute Gasteiger partial charge is 0.325 e. The van der Waals surface area contributed by atoms with E-state index in [1.165, 1.54) is 11.9 Å². The number of fused-ring (bicyclic) bond motifs is 1. The number of hydrogen-bond acceptors (Lipinski definition) is 2. The minimum Gasteiger partial charge on any atom is -0.325 e. The maximum atomic E-state index is 6.08. The number of benzene rings is 1. The highest BCUT2D eigenvalue weighted by Gasteiger charge is 2.10. The van der Waals surface area contributed by atoms with Crippen molar-refractivity contribution in [3.05, 3.63) is 58.1 Å². The topological polar surface area (TPSA) is 30.7 Å². The summed E-state index contributed by atoms with van der Waals surface area (Å²) in [6, 6.07) is 9.81. The van der Waals surface area contributed by atoms with Crippen LogP contribution in [0.15, 0.2) is 36.7 Å². The number of rotatable bonds is 2. The van der Waals surface area contributed by atoms with Crippen LogP contribution in [0.2, 0.25) is 10.2 Å². The standard InChI is InChI=1S/C14H11Cl2N3/c1-9-6-12-13(16)17-8-18-14(12)19(9)7-10-2-4-11(15)5-3-10/h2-6,8H,7H2,1H3. The first-order valence-corrected chi connectivity index (χ1v) is 6.61. The quantitative estimate of drug-likeness (QED) is 0.666. The van der Waals surface area contributed by atoms with E-state index in [1.807, 2.05) is 37.3 Å². The van der Waals surface area contributed by atoms with Gasteiger partial charge in [0.15, 0.2) is 0 Å². The van der Waals surface area contributed by atoms with Gasteiger partial charge >= 0.3 is 0 Å². The summed E-state index contributed by atoms with van der Waals surface area (Å²) in [4.78, 5) is 8.32. The van der Waals surface area contributed by atoms with Crippen molar-refractivity contribution in [2.45, 2.75) is 13.5 Å². The Labute approximate surface area is 120 Å². The molecule has 2 aromatic heterocycles. The van der Waals surface area contributed by atoms with Gasteiger partial charge in [0, 0.05) is 17.3 Å². The first-order valence-electron chi connectivity index (χ1n) is 5.86. The summed E-state index contributed by atoms with van der Waals surface area (Å²) in [5.41, 5.74) is 3.12. The first kappa shape index (κ1) is 12.5. The fourth-order valence-electron chi connectivity index (χ4n) is 2.13. The molecule has 0 N–H and O–H groups in total. The van der Waals surface area contributed by atoms with Crippen molar-refractivity contribution >= 4 is 34.2 Å². The molecule has 0 fully saturated rings. The second kappa shape index (κ2) is 4.83. The van der Waals surface area contributed by atoms with Crippen molar-refractivity contribution in [1.29, 1.82) is 0 Å². The Bertz CT molecular complexity index is 732. The molecule has 3 rings (SSSR count). The van der Waals surface area contributed by atoms with E-state index in [2.05, 4.69) is 14.5 Å². The molecule has 0 aliphatic rings. The van der Waals surface area contributed by atoms with Gasteiger partial charge < -0.3 is 4.57 Å². The molecule has 19 heavy (non-hydrogen) atoms. The van der Waals surface area contributed by atoms with Crippen LogP contribution in [0.3, 0.4) is 0 Å². The Morgan fingerprint density at radius 3 is 2.58 bits per heavy atom. The third-order valence-corrected chi connectivity index (χ3v) is 3.66. The zero-order valence-electron chi connectivity index (χ0n) is 10.3. The molecule has 0 amide bonds. The average molecular weight is 292 g/mol. The summed E-state index contributed by atoms with van der Waals surface area (Å²) in [7, 11) is 0. The van der Waals surface area contributed by atoms with Gasteiger partial charge in [-0.3, -0.25) is 0 Å². The maximum Gasteiger partial charge on any atom is 0.145 e. The predicted molar refractivity (Wildman–Crippen MR) is 77.8 cm³/mol. The summed E-state index contributed by atoms with van der Waals surface area (Å²) < 4.78 is 2.12. The van der Waals surface area contributed by atoms with Crippen LogP contribution in [0.1, 0.15) is 11.3 Å². The van der Waals surface area contributed by atoms with E-state index in [4.69, 9.17) is 23.2 Å². The molecular weight excluding hydrogens is 281 g/mol. The molecule has 3 aromatic rings. The van der Waals surface area contributed by atoms with Gasteiger partial charge in [0.25, 0.3) is 0 Å². The number of halogens is 2. The minimum absolute atomic E-state index is 0.489. The fourth-order valence-corrected chi connectivity index (χ4v) is 2.44. The summed E-state index contributed by atoms with van der Waals surface area (Å²) in [5, 5.41) is 2.11. The van der Waals surface area contributed by atoms with Crippen molar-refractivity contribution in [2.75, 3.05) is 0 Å². The lowest BCUT2D eigenvalue weighted by atomic mass is 10.2. The van der Waals surface area contributed by atoms with Crippen LogP contribution in [-0.2, 0) is 6.54 Å². The predicted octanol–water partition coefficient (Wildman–Crippen LogP) is 4.09. The molecule has 0 aliphatic carbocycles. The minimum atomic E-state index is 0.489. The van der Waals surface area contributed by atoms with Crippen LogP contribution in [0.4, 0.5) is 0 Å². The van der Waals surface area contributed by atoms with E-state index in [-0.39, 0.29) is 0 Å². The van der Waals surface area contributed by atoms with Gasteiger partial charge in [-0.25, -0.2) is 9.97 Å². The Morgan fingerprint density at radius 2 is 1.84 bits per heavy atom. The van der Waals surface area contributed by atoms with E-state index in [0.29, 0.717) is 5.15 Å². The lowest BCUT2D eigenvalue weighted by Crippen LogP contribution is -2.02. The van der Waals surface area contributed by atoms with E-state index in [1.54, 1.807) is 0 Å². The molecule has 5 heteroatoms. The highest BCUT2D eigenvalue weighted by Crippen LogP contribution is 2.24. The van der Waals surface area contributed by atoms with Gasteiger partial charge in [-0.15, -0.1) is 0 Å². The lowest BCUT2D eigenvalue weighted by Gasteiger charge is -2.07. The van der Waals surface area contributed by atoms with E-state index in [0.717, 1.165) is 28.3 Å². The van der Waals surface area contributed by atoms with Crippen molar-refractivity contribution in [2.24, 2.45) is 0 Å². The van der Waals surface area contributed by atoms with E-state index >= 15 is 0 Å². The van der Waals surface area contributed by atoms with Crippen LogP contribution in [0, 0.1) is 6.92 Å². The third kappa shape index (κ3) is 2.31. The normalized spacial score (nSPS) is 11.1. The summed E-state index contributed by atoms with van der Waals surface area (Å²) >= 11 is 12.0. The molecule has 0 aliphatic heterocycles. The Balaban J connectivity index is 2.07. The molecule has 0 radical (unpaired) electrons. The van der Waals surface area contributed by atoms with Gasteiger partial charge in [-0.2, -0.15) is 0 Å². The smallest absolute Gasteiger partial charge is 0.145 e. The van der Waals surface area contributed by atoms with Gasteiger partial charge in [-0.1, -0.05) is 35.3 Å². The molecule has 0 unspecified atom stereocenters. The molecule has 0 bridgehead atoms. The summed E-state index contributed by atoms with van der Waals surface area (Å²) in [5.74, 6) is 0. The first-order chi connectivity index (χ1) is 9.15. The summed E-state index contributed by atoms with van der Waals surface area (Å²) in [6.07, 6.45) is 1.49. The second-order valence-electron chi connectivity index (χ2n) is 4.40. The van der Waals surface area contributed by atoms with E-state index < -0.39 is 0 Å². The number of hydrogen-bond donors (Lipinski definition) is 0. The average Bonchev–Trinajstić information content (AvgIpc) is 2.71. The monoisotopic (exact) mass is 291 g/mol. The van der Waals surface area contributed by atoms with Crippen molar-refractivity contribution in [3.8, 4) is 0 Å². The highest BCUT2D eigenvalue weighted by molar-refractivity contribution is 6.34.